The molecule has 0 radical (unpaired) electrons. The number of hydrogen-bond acceptors (Lipinski definition) is 5. The first kappa shape index (κ1) is 17.8. The predicted molar refractivity (Wildman–Crippen MR) is 85.4 cm³/mol. The van der Waals surface area contributed by atoms with Gasteiger partial charge in [0.25, 0.3) is 0 Å². The first-order valence-corrected chi connectivity index (χ1v) is 8.45. The lowest BCUT2D eigenvalue weighted by molar-refractivity contribution is 0.0387. The van der Waals surface area contributed by atoms with E-state index in [1.165, 1.54) is 0 Å². The minimum atomic E-state index is -0.263. The topological polar surface area (TPSA) is 83.1 Å². The predicted octanol–water partition coefficient (Wildman–Crippen LogP) is 0.239. The molecule has 0 atom stereocenters. The number of ether oxygens (including phenoxy) is 2. The Morgan fingerprint density at radius 2 is 1.87 bits per heavy atom. The minimum Gasteiger partial charge on any atom is -0.450 e. The summed E-state index contributed by atoms with van der Waals surface area (Å²) in [6, 6.07) is -0.0168. The van der Waals surface area contributed by atoms with Crippen molar-refractivity contribution in [3.63, 3.8) is 0 Å². The van der Waals surface area contributed by atoms with Gasteiger partial charge in [-0.3, -0.25) is 4.90 Å². The third-order valence-electron chi connectivity index (χ3n) is 4.17. The van der Waals surface area contributed by atoms with Crippen molar-refractivity contribution in [2.24, 2.45) is 0 Å². The van der Waals surface area contributed by atoms with E-state index in [4.69, 9.17) is 9.47 Å². The summed E-state index contributed by atoms with van der Waals surface area (Å²) in [6.45, 7) is 8.30. The van der Waals surface area contributed by atoms with E-state index >= 15 is 0 Å². The van der Waals surface area contributed by atoms with Gasteiger partial charge in [-0.1, -0.05) is 0 Å². The second-order valence-electron chi connectivity index (χ2n) is 5.81. The van der Waals surface area contributed by atoms with Crippen LogP contribution in [0.3, 0.4) is 0 Å². The molecule has 2 N–H and O–H groups in total. The van der Waals surface area contributed by atoms with E-state index in [1.54, 1.807) is 11.8 Å². The highest BCUT2D eigenvalue weighted by molar-refractivity contribution is 5.74. The van der Waals surface area contributed by atoms with Gasteiger partial charge in [0.1, 0.15) is 0 Å². The van der Waals surface area contributed by atoms with Crippen molar-refractivity contribution in [3.05, 3.63) is 0 Å². The lowest BCUT2D eigenvalue weighted by Gasteiger charge is -2.31. The van der Waals surface area contributed by atoms with E-state index < -0.39 is 0 Å². The number of morpholine rings is 1. The Labute approximate surface area is 137 Å². The minimum absolute atomic E-state index is 0.115. The van der Waals surface area contributed by atoms with Crippen molar-refractivity contribution in [2.75, 3.05) is 59.1 Å². The van der Waals surface area contributed by atoms with Crippen molar-refractivity contribution < 1.29 is 19.1 Å². The summed E-state index contributed by atoms with van der Waals surface area (Å²) >= 11 is 0. The van der Waals surface area contributed by atoms with Gasteiger partial charge in [-0.05, 0) is 19.8 Å². The molecule has 0 bridgehead atoms. The molecule has 0 saturated carbocycles. The number of rotatable bonds is 5. The van der Waals surface area contributed by atoms with Gasteiger partial charge in [-0.25, -0.2) is 9.59 Å². The third-order valence-corrected chi connectivity index (χ3v) is 4.17. The number of likely N-dealkylation sites (tertiary alicyclic amines) is 1. The van der Waals surface area contributed by atoms with E-state index in [0.29, 0.717) is 26.2 Å². The van der Waals surface area contributed by atoms with E-state index in [1.807, 2.05) is 0 Å². The van der Waals surface area contributed by atoms with Crippen molar-refractivity contribution >= 4 is 12.1 Å². The largest absolute Gasteiger partial charge is 0.450 e. The summed E-state index contributed by atoms with van der Waals surface area (Å²) in [5, 5.41) is 5.87. The van der Waals surface area contributed by atoms with Crippen LogP contribution in [0.1, 0.15) is 19.8 Å². The van der Waals surface area contributed by atoms with E-state index in [9.17, 15) is 9.59 Å². The second kappa shape index (κ2) is 9.57. The van der Waals surface area contributed by atoms with Gasteiger partial charge in [0.05, 0.1) is 19.8 Å². The zero-order valence-electron chi connectivity index (χ0n) is 13.9. The number of nitrogens with zero attached hydrogens (tertiary/aromatic N) is 2. The molecule has 0 aliphatic carbocycles. The average Bonchev–Trinajstić information content (AvgIpc) is 2.57. The van der Waals surface area contributed by atoms with Gasteiger partial charge in [0.2, 0.25) is 0 Å². The van der Waals surface area contributed by atoms with Gasteiger partial charge in [-0.15, -0.1) is 0 Å². The van der Waals surface area contributed by atoms with Gasteiger partial charge < -0.3 is 25.0 Å². The Balaban J connectivity index is 1.56. The molecule has 0 unspecified atom stereocenters. The molecule has 132 valence electrons. The van der Waals surface area contributed by atoms with Crippen LogP contribution < -0.4 is 10.6 Å². The van der Waals surface area contributed by atoms with Gasteiger partial charge in [-0.2, -0.15) is 0 Å². The maximum atomic E-state index is 11.9. The summed E-state index contributed by atoms with van der Waals surface area (Å²) in [5.41, 5.74) is 0. The lowest BCUT2D eigenvalue weighted by Crippen LogP contribution is -2.50. The zero-order valence-corrected chi connectivity index (χ0v) is 13.9. The standard InChI is InChI=1S/C15H28N4O4/c1-2-23-15(21)19-6-3-13(4-7-19)17-14(20)16-5-8-18-9-11-22-12-10-18/h13H,2-12H2,1H3,(H2,16,17,20). The van der Waals surface area contributed by atoms with Crippen LogP contribution in [-0.4, -0.2) is 87.1 Å². The average molecular weight is 328 g/mol. The Kier molecular flexibility index (Phi) is 7.41. The van der Waals surface area contributed by atoms with Crippen LogP contribution >= 0.6 is 0 Å². The number of urea groups is 1. The molecule has 0 aromatic carbocycles. The molecule has 3 amide bonds. The number of carbonyl (C=O) groups excluding carboxylic acids is 2. The maximum absolute atomic E-state index is 11.9. The summed E-state index contributed by atoms with van der Waals surface area (Å²) in [4.78, 5) is 27.5. The molecule has 23 heavy (non-hydrogen) atoms. The molecule has 0 spiro atoms. The monoisotopic (exact) mass is 328 g/mol. The van der Waals surface area contributed by atoms with Gasteiger partial charge in [0.15, 0.2) is 0 Å². The van der Waals surface area contributed by atoms with Crippen LogP contribution in [0.25, 0.3) is 0 Å². The van der Waals surface area contributed by atoms with Crippen LogP contribution in [0.15, 0.2) is 0 Å². The normalized spacial score (nSPS) is 20.1. The molecule has 2 heterocycles. The van der Waals surface area contributed by atoms with Crippen LogP contribution in [0.2, 0.25) is 0 Å². The van der Waals surface area contributed by atoms with Gasteiger partial charge >= 0.3 is 12.1 Å². The van der Waals surface area contributed by atoms with Crippen LogP contribution in [0, 0.1) is 0 Å². The zero-order chi connectivity index (χ0) is 16.5. The molecular formula is C15H28N4O4. The van der Waals surface area contributed by atoms with Crippen molar-refractivity contribution in [1.29, 1.82) is 0 Å². The summed E-state index contributed by atoms with van der Waals surface area (Å²) < 4.78 is 10.3. The molecule has 2 aliphatic rings. The second-order valence-corrected chi connectivity index (χ2v) is 5.81. The maximum Gasteiger partial charge on any atom is 0.409 e. The van der Waals surface area contributed by atoms with Crippen molar-refractivity contribution in [3.8, 4) is 0 Å². The Hall–Kier alpha value is -1.54. The highest BCUT2D eigenvalue weighted by Gasteiger charge is 2.24. The molecule has 8 heteroatoms. The quantitative estimate of drug-likeness (QED) is 0.755. The molecule has 0 aromatic rings. The third kappa shape index (κ3) is 6.23. The SMILES string of the molecule is CCOC(=O)N1CCC(NC(=O)NCCN2CCOCC2)CC1. The van der Waals surface area contributed by atoms with Crippen LogP contribution in [0.5, 0.6) is 0 Å². The molecule has 2 aliphatic heterocycles. The fourth-order valence-corrected chi connectivity index (χ4v) is 2.81. The Morgan fingerprint density at radius 3 is 2.52 bits per heavy atom. The number of piperidine rings is 1. The van der Waals surface area contributed by atoms with Crippen molar-refractivity contribution in [2.45, 2.75) is 25.8 Å². The molecule has 2 fully saturated rings. The summed E-state index contributed by atoms with van der Waals surface area (Å²) in [5.74, 6) is 0. The summed E-state index contributed by atoms with van der Waals surface area (Å²) in [6.07, 6.45) is 1.26. The smallest absolute Gasteiger partial charge is 0.409 e. The number of amides is 3. The Morgan fingerprint density at radius 1 is 1.17 bits per heavy atom. The van der Waals surface area contributed by atoms with Crippen LogP contribution in [-0.2, 0) is 9.47 Å². The highest BCUT2D eigenvalue weighted by atomic mass is 16.6. The summed E-state index contributed by atoms with van der Waals surface area (Å²) in [7, 11) is 0. The van der Waals surface area contributed by atoms with E-state index in [2.05, 4.69) is 15.5 Å². The van der Waals surface area contributed by atoms with Crippen molar-refractivity contribution in [1.82, 2.24) is 20.4 Å². The number of hydrogen-bond donors (Lipinski definition) is 2. The molecule has 2 rings (SSSR count). The fourth-order valence-electron chi connectivity index (χ4n) is 2.81. The van der Waals surface area contributed by atoms with E-state index in [-0.39, 0.29) is 18.2 Å². The molecule has 0 aromatic heterocycles. The van der Waals surface area contributed by atoms with E-state index in [0.717, 1.165) is 45.7 Å². The highest BCUT2D eigenvalue weighted by Crippen LogP contribution is 2.11. The van der Waals surface area contributed by atoms with Gasteiger partial charge in [0, 0.05) is 45.3 Å². The molecule has 8 nitrogen and oxygen atoms in total. The Bertz CT molecular complexity index is 380. The number of carbonyl (C=O) groups is 2. The van der Waals surface area contributed by atoms with Crippen LogP contribution in [0.4, 0.5) is 9.59 Å². The molecule has 2 saturated heterocycles. The first-order chi connectivity index (χ1) is 11.2. The lowest BCUT2D eigenvalue weighted by atomic mass is 10.1. The first-order valence-electron chi connectivity index (χ1n) is 8.45. The fraction of sp³-hybridized carbons (Fsp3) is 0.867. The molecular weight excluding hydrogens is 300 g/mol. The number of nitrogens with one attached hydrogen (secondary N) is 2.